The number of benzene rings is 2. The van der Waals surface area contributed by atoms with Gasteiger partial charge in [-0.15, -0.1) is 0 Å². The molecule has 178 valence electrons. The zero-order valence-electron chi connectivity index (χ0n) is 18.7. The van der Waals surface area contributed by atoms with Gasteiger partial charge in [0.2, 0.25) is 12.7 Å². The molecule has 1 saturated heterocycles. The first-order valence-electron chi connectivity index (χ1n) is 11.4. The summed E-state index contributed by atoms with van der Waals surface area (Å²) in [5, 5.41) is 7.81. The normalized spacial score (nSPS) is 15.5. The lowest BCUT2D eigenvalue weighted by Crippen LogP contribution is -2.40. The summed E-state index contributed by atoms with van der Waals surface area (Å²) in [4.78, 5) is 23.6. The summed E-state index contributed by atoms with van der Waals surface area (Å²) in [6, 6.07) is 11.9. The van der Waals surface area contributed by atoms with Crippen molar-refractivity contribution in [3.63, 3.8) is 0 Å². The third-order valence-corrected chi connectivity index (χ3v) is 6.42. The Hall–Kier alpha value is -4.21. The van der Waals surface area contributed by atoms with Crippen LogP contribution in [0, 0.1) is 11.7 Å². The summed E-state index contributed by atoms with van der Waals surface area (Å²) in [6.45, 7) is 1.94. The van der Waals surface area contributed by atoms with E-state index < -0.39 is 0 Å². The second-order valence-electron chi connectivity index (χ2n) is 8.59. The molecule has 0 aliphatic carbocycles. The molecule has 0 atom stereocenters. The number of nitrogens with one attached hydrogen (secondary N) is 1. The Morgan fingerprint density at radius 2 is 1.94 bits per heavy atom. The van der Waals surface area contributed by atoms with E-state index in [-0.39, 0.29) is 24.4 Å². The first kappa shape index (κ1) is 21.3. The van der Waals surface area contributed by atoms with Crippen LogP contribution in [-0.2, 0) is 11.3 Å². The monoisotopic (exact) mass is 475 g/mol. The number of nitrogens with zero attached hydrogens (tertiary/aromatic N) is 4. The molecule has 1 amide bonds. The second kappa shape index (κ2) is 8.86. The number of carbonyl (C=O) groups excluding carboxylic acids is 1. The van der Waals surface area contributed by atoms with E-state index in [1.165, 1.54) is 18.5 Å². The van der Waals surface area contributed by atoms with Crippen molar-refractivity contribution in [1.29, 1.82) is 0 Å². The minimum Gasteiger partial charge on any atom is -0.454 e. The molecular weight excluding hydrogens is 453 g/mol. The fourth-order valence-corrected chi connectivity index (χ4v) is 4.58. The SMILES string of the molecule is O=C(NCc1ccc2c(c1)OCO2)C1CCN(c2ncnc3onc(-c4cccc(F)c4)c23)CC1. The predicted molar refractivity (Wildman–Crippen MR) is 124 cm³/mol. The molecule has 2 aromatic heterocycles. The Kier molecular flexibility index (Phi) is 5.40. The summed E-state index contributed by atoms with van der Waals surface area (Å²) in [7, 11) is 0. The van der Waals surface area contributed by atoms with Crippen molar-refractivity contribution in [2.24, 2.45) is 5.92 Å². The van der Waals surface area contributed by atoms with Gasteiger partial charge in [-0.3, -0.25) is 4.79 Å². The summed E-state index contributed by atoms with van der Waals surface area (Å²) in [5.41, 5.74) is 2.40. The van der Waals surface area contributed by atoms with Crippen LogP contribution in [0.5, 0.6) is 11.5 Å². The average Bonchev–Trinajstić information content (AvgIpc) is 3.54. The Labute approximate surface area is 199 Å². The van der Waals surface area contributed by atoms with Crippen LogP contribution in [-0.4, -0.2) is 40.9 Å². The van der Waals surface area contributed by atoms with E-state index in [1.54, 1.807) is 12.1 Å². The van der Waals surface area contributed by atoms with Gasteiger partial charge in [-0.2, -0.15) is 4.98 Å². The van der Waals surface area contributed by atoms with Gasteiger partial charge < -0.3 is 24.2 Å². The van der Waals surface area contributed by atoms with Crippen LogP contribution in [0.25, 0.3) is 22.4 Å². The van der Waals surface area contributed by atoms with Crippen molar-refractivity contribution >= 4 is 22.8 Å². The predicted octanol–water partition coefficient (Wildman–Crippen LogP) is 3.69. The lowest BCUT2D eigenvalue weighted by Gasteiger charge is -2.32. The van der Waals surface area contributed by atoms with Crippen LogP contribution in [0.3, 0.4) is 0 Å². The van der Waals surface area contributed by atoms with E-state index in [2.05, 4.69) is 25.3 Å². The summed E-state index contributed by atoms with van der Waals surface area (Å²) >= 11 is 0. The number of hydrogen-bond acceptors (Lipinski definition) is 8. The topological polar surface area (TPSA) is 103 Å². The molecule has 4 aromatic rings. The van der Waals surface area contributed by atoms with E-state index in [1.807, 2.05) is 18.2 Å². The zero-order chi connectivity index (χ0) is 23.8. The van der Waals surface area contributed by atoms with Gasteiger partial charge in [0.25, 0.3) is 5.71 Å². The van der Waals surface area contributed by atoms with E-state index in [0.29, 0.717) is 66.4 Å². The number of aromatic nitrogens is 3. The van der Waals surface area contributed by atoms with Gasteiger partial charge in [-0.05, 0) is 42.7 Å². The second-order valence-corrected chi connectivity index (χ2v) is 8.59. The maximum Gasteiger partial charge on any atom is 0.263 e. The first-order chi connectivity index (χ1) is 17.2. The van der Waals surface area contributed by atoms with Gasteiger partial charge in [0.15, 0.2) is 11.5 Å². The standard InChI is InChI=1S/C25H22FN5O4/c26-18-3-1-2-17(11-18)22-21-23(28-13-29-25(21)35-30-22)31-8-6-16(7-9-31)24(32)27-12-15-4-5-19-20(10-15)34-14-33-19/h1-5,10-11,13,16H,6-9,12,14H2,(H,27,32). The third kappa shape index (κ3) is 4.11. The van der Waals surface area contributed by atoms with Gasteiger partial charge >= 0.3 is 0 Å². The fraction of sp³-hybridized carbons (Fsp3) is 0.280. The lowest BCUT2D eigenvalue weighted by molar-refractivity contribution is -0.125. The molecule has 2 aliphatic heterocycles. The van der Waals surface area contributed by atoms with Crippen LogP contribution < -0.4 is 19.7 Å². The molecule has 0 bridgehead atoms. The van der Waals surface area contributed by atoms with Gasteiger partial charge in [0.05, 0.1) is 0 Å². The molecule has 6 rings (SSSR count). The molecule has 0 radical (unpaired) electrons. The minimum atomic E-state index is -0.357. The smallest absolute Gasteiger partial charge is 0.263 e. The van der Waals surface area contributed by atoms with Gasteiger partial charge in [-0.1, -0.05) is 23.4 Å². The molecule has 1 fully saturated rings. The molecule has 35 heavy (non-hydrogen) atoms. The summed E-state index contributed by atoms with van der Waals surface area (Å²) < 4.78 is 30.0. The zero-order valence-corrected chi connectivity index (χ0v) is 18.7. The van der Waals surface area contributed by atoms with Gasteiger partial charge in [-0.25, -0.2) is 9.37 Å². The first-order valence-corrected chi connectivity index (χ1v) is 11.4. The maximum absolute atomic E-state index is 13.8. The number of carbonyl (C=O) groups is 1. The number of piperidine rings is 1. The van der Waals surface area contributed by atoms with Crippen molar-refractivity contribution in [1.82, 2.24) is 20.4 Å². The molecule has 10 heteroatoms. The van der Waals surface area contributed by atoms with Crippen LogP contribution in [0.4, 0.5) is 10.2 Å². The van der Waals surface area contributed by atoms with Crippen molar-refractivity contribution < 1.29 is 23.2 Å². The number of hydrogen-bond donors (Lipinski definition) is 1. The highest BCUT2D eigenvalue weighted by Gasteiger charge is 2.28. The Morgan fingerprint density at radius 3 is 2.80 bits per heavy atom. The van der Waals surface area contributed by atoms with Gasteiger partial charge in [0, 0.05) is 31.1 Å². The number of ether oxygens (including phenoxy) is 2. The molecular formula is C25H22FN5O4. The fourth-order valence-electron chi connectivity index (χ4n) is 4.58. The van der Waals surface area contributed by atoms with Crippen molar-refractivity contribution in [2.75, 3.05) is 24.8 Å². The van der Waals surface area contributed by atoms with Crippen LogP contribution in [0.1, 0.15) is 18.4 Å². The summed E-state index contributed by atoms with van der Waals surface area (Å²) in [5.74, 6) is 1.68. The maximum atomic E-state index is 13.8. The van der Waals surface area contributed by atoms with Crippen molar-refractivity contribution in [3.8, 4) is 22.8 Å². The lowest BCUT2D eigenvalue weighted by atomic mass is 9.95. The van der Waals surface area contributed by atoms with Crippen molar-refractivity contribution in [2.45, 2.75) is 19.4 Å². The van der Waals surface area contributed by atoms with Crippen LogP contribution in [0.2, 0.25) is 0 Å². The highest BCUT2D eigenvalue weighted by molar-refractivity contribution is 5.98. The van der Waals surface area contributed by atoms with E-state index in [9.17, 15) is 9.18 Å². The van der Waals surface area contributed by atoms with E-state index in [4.69, 9.17) is 14.0 Å². The van der Waals surface area contributed by atoms with Crippen LogP contribution >= 0.6 is 0 Å². The highest BCUT2D eigenvalue weighted by Crippen LogP contribution is 2.35. The Balaban J connectivity index is 1.13. The third-order valence-electron chi connectivity index (χ3n) is 6.42. The average molecular weight is 475 g/mol. The molecule has 9 nitrogen and oxygen atoms in total. The molecule has 2 aliphatic rings. The molecule has 2 aromatic carbocycles. The van der Waals surface area contributed by atoms with E-state index >= 15 is 0 Å². The largest absolute Gasteiger partial charge is 0.454 e. The number of rotatable bonds is 5. The van der Waals surface area contributed by atoms with Crippen LogP contribution in [0.15, 0.2) is 53.3 Å². The number of halogens is 1. The molecule has 4 heterocycles. The number of anilines is 1. The number of amides is 1. The molecule has 1 N–H and O–H groups in total. The molecule has 0 saturated carbocycles. The van der Waals surface area contributed by atoms with Crippen molar-refractivity contribution in [3.05, 3.63) is 60.2 Å². The molecule has 0 spiro atoms. The number of fused-ring (bicyclic) bond motifs is 2. The van der Waals surface area contributed by atoms with E-state index in [0.717, 1.165) is 11.3 Å². The van der Waals surface area contributed by atoms with Gasteiger partial charge in [0.1, 0.15) is 29.0 Å². The quantitative estimate of drug-likeness (QED) is 0.466. The summed E-state index contributed by atoms with van der Waals surface area (Å²) in [6.07, 6.45) is 2.79. The highest BCUT2D eigenvalue weighted by atomic mass is 19.1. The Morgan fingerprint density at radius 1 is 1.09 bits per heavy atom. The Bertz CT molecular complexity index is 1400. The molecule has 0 unspecified atom stereocenters. The minimum absolute atomic E-state index is 0.0283.